The Balaban J connectivity index is 2.19. The van der Waals surface area contributed by atoms with Crippen LogP contribution in [-0.2, 0) is 4.74 Å². The summed E-state index contributed by atoms with van der Waals surface area (Å²) in [6, 6.07) is 14.3. The highest BCUT2D eigenvalue weighted by molar-refractivity contribution is 5.89. The van der Waals surface area contributed by atoms with E-state index >= 15 is 0 Å². The molecule has 0 aromatic heterocycles. The lowest BCUT2D eigenvalue weighted by Crippen LogP contribution is -2.24. The molecule has 0 aliphatic rings. The van der Waals surface area contributed by atoms with Crippen molar-refractivity contribution in [2.45, 2.75) is 0 Å². The van der Waals surface area contributed by atoms with E-state index in [1.165, 1.54) is 0 Å². The molecule has 0 heterocycles. The largest absolute Gasteiger partial charge is 0.487 e. The number of carbonyl (C=O) groups excluding carboxylic acids is 1. The Labute approximate surface area is 135 Å². The maximum Gasteiger partial charge on any atom is 0.318 e. The van der Waals surface area contributed by atoms with Gasteiger partial charge in [0.2, 0.25) is 0 Å². The van der Waals surface area contributed by atoms with Gasteiger partial charge in [-0.15, -0.1) is 0 Å². The van der Waals surface area contributed by atoms with Crippen molar-refractivity contribution >= 4 is 11.7 Å². The van der Waals surface area contributed by atoms with Crippen LogP contribution in [0.4, 0.5) is 10.5 Å². The highest BCUT2D eigenvalue weighted by Crippen LogP contribution is 2.34. The van der Waals surface area contributed by atoms with Gasteiger partial charge < -0.3 is 24.8 Å². The van der Waals surface area contributed by atoms with Crippen molar-refractivity contribution in [2.75, 3.05) is 32.7 Å². The van der Waals surface area contributed by atoms with Crippen LogP contribution < -0.4 is 20.1 Å². The molecule has 2 N–H and O–H groups in total. The van der Waals surface area contributed by atoms with Gasteiger partial charge in [0.25, 0.3) is 0 Å². The van der Waals surface area contributed by atoms with Crippen LogP contribution in [0.5, 0.6) is 17.2 Å². The van der Waals surface area contributed by atoms with E-state index in [2.05, 4.69) is 10.6 Å². The van der Waals surface area contributed by atoms with E-state index < -0.39 is 0 Å². The number of benzene rings is 2. The van der Waals surface area contributed by atoms with Crippen molar-refractivity contribution < 1.29 is 19.0 Å². The first kappa shape index (κ1) is 16.6. The summed E-state index contributed by atoms with van der Waals surface area (Å²) in [6.45, 7) is 0.836. The molecule has 0 saturated heterocycles. The fraction of sp³-hybridized carbons (Fsp3) is 0.235. The van der Waals surface area contributed by atoms with E-state index in [0.717, 1.165) is 0 Å². The van der Waals surface area contributed by atoms with Gasteiger partial charge in [-0.3, -0.25) is 0 Å². The Morgan fingerprint density at radius 3 is 2.52 bits per heavy atom. The third-order valence-corrected chi connectivity index (χ3v) is 2.94. The number of anilines is 1. The standard InChI is InChI=1S/C17H20N2O4/c1-18-17(20)19-13-8-9-15(16(12-13)22-11-10-21-2)23-14-6-4-3-5-7-14/h3-9,12H,10-11H2,1-2H3,(H2,18,19,20). The summed E-state index contributed by atoms with van der Waals surface area (Å²) in [7, 11) is 3.16. The van der Waals surface area contributed by atoms with Crippen molar-refractivity contribution in [1.82, 2.24) is 5.32 Å². The Morgan fingerprint density at radius 2 is 1.83 bits per heavy atom. The summed E-state index contributed by atoms with van der Waals surface area (Å²) >= 11 is 0. The molecule has 0 fully saturated rings. The van der Waals surface area contributed by atoms with Gasteiger partial charge in [0.15, 0.2) is 11.5 Å². The molecule has 6 heteroatoms. The first-order chi connectivity index (χ1) is 11.2. The third kappa shape index (κ3) is 5.19. The minimum Gasteiger partial charge on any atom is -0.487 e. The molecule has 0 atom stereocenters. The Morgan fingerprint density at radius 1 is 1.04 bits per heavy atom. The van der Waals surface area contributed by atoms with Gasteiger partial charge in [-0.05, 0) is 24.3 Å². The quantitative estimate of drug-likeness (QED) is 0.769. The lowest BCUT2D eigenvalue weighted by molar-refractivity contribution is 0.144. The highest BCUT2D eigenvalue weighted by Gasteiger charge is 2.09. The molecule has 0 spiro atoms. The van der Waals surface area contributed by atoms with Gasteiger partial charge >= 0.3 is 6.03 Å². The number of urea groups is 1. The first-order valence-electron chi connectivity index (χ1n) is 7.20. The molecule has 122 valence electrons. The second-order valence-corrected chi connectivity index (χ2v) is 4.62. The summed E-state index contributed by atoms with van der Waals surface area (Å²) < 4.78 is 16.5. The molecule has 0 aliphatic heterocycles. The van der Waals surface area contributed by atoms with Crippen LogP contribution in [0.15, 0.2) is 48.5 Å². The molecule has 0 bridgehead atoms. The number of ether oxygens (including phenoxy) is 3. The number of para-hydroxylation sites is 1. The van der Waals surface area contributed by atoms with Crippen LogP contribution in [0.25, 0.3) is 0 Å². The average Bonchev–Trinajstić information content (AvgIpc) is 2.58. The van der Waals surface area contributed by atoms with Gasteiger partial charge in [0, 0.05) is 25.9 Å². The zero-order valence-electron chi connectivity index (χ0n) is 13.2. The number of carbonyl (C=O) groups is 1. The van der Waals surface area contributed by atoms with Gasteiger partial charge in [-0.25, -0.2) is 4.79 Å². The van der Waals surface area contributed by atoms with E-state index in [-0.39, 0.29) is 6.03 Å². The molecule has 0 aliphatic carbocycles. The lowest BCUT2D eigenvalue weighted by Gasteiger charge is -2.14. The summed E-state index contributed by atoms with van der Waals surface area (Å²) in [5.41, 5.74) is 0.608. The summed E-state index contributed by atoms with van der Waals surface area (Å²) in [4.78, 5) is 11.4. The van der Waals surface area contributed by atoms with Crippen molar-refractivity contribution in [1.29, 1.82) is 0 Å². The van der Waals surface area contributed by atoms with Crippen LogP contribution in [-0.4, -0.2) is 33.4 Å². The molecule has 2 rings (SSSR count). The molecule has 23 heavy (non-hydrogen) atoms. The molecular formula is C17H20N2O4. The summed E-state index contributed by atoms with van der Waals surface area (Å²) in [5, 5.41) is 5.19. The van der Waals surface area contributed by atoms with Crippen LogP contribution in [0, 0.1) is 0 Å². The molecular weight excluding hydrogens is 296 g/mol. The van der Waals surface area contributed by atoms with Crippen LogP contribution >= 0.6 is 0 Å². The fourth-order valence-electron chi connectivity index (χ4n) is 1.83. The first-order valence-corrected chi connectivity index (χ1v) is 7.20. The van der Waals surface area contributed by atoms with Crippen molar-refractivity contribution in [3.05, 3.63) is 48.5 Å². The van der Waals surface area contributed by atoms with Crippen LogP contribution in [0.3, 0.4) is 0 Å². The van der Waals surface area contributed by atoms with Crippen molar-refractivity contribution in [3.8, 4) is 17.2 Å². The summed E-state index contributed by atoms with van der Waals surface area (Å²) in [5.74, 6) is 1.80. The Kier molecular flexibility index (Phi) is 6.26. The summed E-state index contributed by atoms with van der Waals surface area (Å²) in [6.07, 6.45) is 0. The van der Waals surface area contributed by atoms with Crippen molar-refractivity contribution in [3.63, 3.8) is 0 Å². The van der Waals surface area contributed by atoms with E-state index in [4.69, 9.17) is 14.2 Å². The number of nitrogens with one attached hydrogen (secondary N) is 2. The molecule has 2 amide bonds. The van der Waals surface area contributed by atoms with Crippen LogP contribution in [0.2, 0.25) is 0 Å². The Hall–Kier alpha value is -2.73. The zero-order valence-corrected chi connectivity index (χ0v) is 13.2. The molecule has 2 aromatic rings. The van der Waals surface area contributed by atoms with E-state index in [1.54, 1.807) is 32.4 Å². The van der Waals surface area contributed by atoms with Gasteiger partial charge in [-0.1, -0.05) is 18.2 Å². The smallest absolute Gasteiger partial charge is 0.318 e. The molecule has 6 nitrogen and oxygen atoms in total. The lowest BCUT2D eigenvalue weighted by atomic mass is 10.2. The number of methoxy groups -OCH3 is 1. The van der Waals surface area contributed by atoms with E-state index in [0.29, 0.717) is 36.1 Å². The van der Waals surface area contributed by atoms with Crippen molar-refractivity contribution in [2.24, 2.45) is 0 Å². The fourth-order valence-corrected chi connectivity index (χ4v) is 1.83. The van der Waals surface area contributed by atoms with E-state index in [9.17, 15) is 4.79 Å². The highest BCUT2D eigenvalue weighted by atomic mass is 16.5. The number of rotatable bonds is 7. The average molecular weight is 316 g/mol. The number of hydrogen-bond acceptors (Lipinski definition) is 4. The molecule has 0 saturated carbocycles. The zero-order chi connectivity index (χ0) is 16.5. The van der Waals surface area contributed by atoms with Crippen LogP contribution in [0.1, 0.15) is 0 Å². The molecule has 0 unspecified atom stereocenters. The minimum atomic E-state index is -0.301. The predicted octanol–water partition coefficient (Wildman–Crippen LogP) is 3.26. The topological polar surface area (TPSA) is 68.8 Å². The SMILES string of the molecule is CNC(=O)Nc1ccc(Oc2ccccc2)c(OCCOC)c1. The van der Waals surface area contributed by atoms with Gasteiger partial charge in [0.05, 0.1) is 6.61 Å². The minimum absolute atomic E-state index is 0.301. The normalized spacial score (nSPS) is 10.0. The maximum atomic E-state index is 11.4. The predicted molar refractivity (Wildman–Crippen MR) is 88.4 cm³/mol. The number of amides is 2. The van der Waals surface area contributed by atoms with Gasteiger partial charge in [0.1, 0.15) is 12.4 Å². The molecule has 2 aromatic carbocycles. The van der Waals surface area contributed by atoms with Gasteiger partial charge in [-0.2, -0.15) is 0 Å². The third-order valence-electron chi connectivity index (χ3n) is 2.94. The van der Waals surface area contributed by atoms with E-state index in [1.807, 2.05) is 30.3 Å². The number of hydrogen-bond donors (Lipinski definition) is 2. The molecule has 0 radical (unpaired) electrons. The maximum absolute atomic E-state index is 11.4. The second-order valence-electron chi connectivity index (χ2n) is 4.62. The second kappa shape index (κ2) is 8.65. The monoisotopic (exact) mass is 316 g/mol. The Bertz CT molecular complexity index is 632.